The van der Waals surface area contributed by atoms with Crippen molar-refractivity contribution in [3.05, 3.63) is 23.3 Å². The molecular formula is C13H14O5. The molecule has 96 valence electrons. The Kier molecular flexibility index (Phi) is 2.12. The van der Waals surface area contributed by atoms with E-state index in [0.29, 0.717) is 0 Å². The molecule has 3 heterocycles. The summed E-state index contributed by atoms with van der Waals surface area (Å²) < 4.78 is 16.6. The van der Waals surface area contributed by atoms with Gasteiger partial charge in [0.15, 0.2) is 11.5 Å². The summed E-state index contributed by atoms with van der Waals surface area (Å²) >= 11 is 0. The first-order valence-electron chi connectivity index (χ1n) is 6.14. The molecule has 1 aromatic carbocycles. The Morgan fingerprint density at radius 2 is 1.44 bits per heavy atom. The Bertz CT molecular complexity index is 457. The monoisotopic (exact) mass is 250 g/mol. The first kappa shape index (κ1) is 10.6. The Hall–Kier alpha value is -1.30. The molecule has 2 bridgehead atoms. The zero-order valence-corrected chi connectivity index (χ0v) is 9.70. The second kappa shape index (κ2) is 3.60. The average molecular weight is 250 g/mol. The van der Waals surface area contributed by atoms with Crippen molar-refractivity contribution in [1.82, 2.24) is 0 Å². The van der Waals surface area contributed by atoms with E-state index in [4.69, 9.17) is 14.2 Å². The molecule has 0 amide bonds. The molecule has 1 fully saturated rings. The molecule has 4 rings (SSSR count). The lowest BCUT2D eigenvalue weighted by Gasteiger charge is -2.26. The molecule has 0 radical (unpaired) electrons. The molecule has 3 aliphatic rings. The first-order chi connectivity index (χ1) is 8.83. The molecule has 0 aromatic heterocycles. The molecule has 18 heavy (non-hydrogen) atoms. The second-order valence-electron chi connectivity index (χ2n) is 5.00. The van der Waals surface area contributed by atoms with Crippen LogP contribution in [0.3, 0.4) is 0 Å². The van der Waals surface area contributed by atoms with Gasteiger partial charge in [-0.05, 0) is 23.3 Å². The van der Waals surface area contributed by atoms with Gasteiger partial charge >= 0.3 is 0 Å². The van der Waals surface area contributed by atoms with Crippen molar-refractivity contribution in [2.45, 2.75) is 12.2 Å². The molecular weight excluding hydrogens is 236 g/mol. The lowest BCUT2D eigenvalue weighted by Crippen LogP contribution is -2.27. The number of fused-ring (bicyclic) bond motifs is 6. The summed E-state index contributed by atoms with van der Waals surface area (Å²) in [7, 11) is 0. The van der Waals surface area contributed by atoms with Crippen molar-refractivity contribution < 1.29 is 24.4 Å². The standard InChI is InChI=1S/C13H14O5/c14-3-8-9(4-15)13-7-2-11-10(16-5-17-11)1-6(7)12(8)18-13/h1-2,8-9,12-15H,3-5H2/t8-,9+,12-,13+. The Labute approximate surface area is 104 Å². The largest absolute Gasteiger partial charge is 0.454 e. The molecule has 1 aromatic rings. The molecule has 3 aliphatic heterocycles. The lowest BCUT2D eigenvalue weighted by atomic mass is 9.76. The second-order valence-corrected chi connectivity index (χ2v) is 5.00. The number of hydrogen-bond donors (Lipinski definition) is 2. The highest BCUT2D eigenvalue weighted by Gasteiger charge is 2.52. The van der Waals surface area contributed by atoms with E-state index in [2.05, 4.69) is 0 Å². The fourth-order valence-corrected chi connectivity index (χ4v) is 3.35. The van der Waals surface area contributed by atoms with Gasteiger partial charge in [-0.1, -0.05) is 0 Å². The molecule has 0 spiro atoms. The highest BCUT2D eigenvalue weighted by Crippen LogP contribution is 2.58. The third-order valence-corrected chi connectivity index (χ3v) is 4.23. The summed E-state index contributed by atoms with van der Waals surface area (Å²) in [6.07, 6.45) is -0.275. The van der Waals surface area contributed by atoms with Crippen LogP contribution in [0.1, 0.15) is 23.3 Å². The minimum Gasteiger partial charge on any atom is -0.454 e. The number of benzene rings is 1. The van der Waals surface area contributed by atoms with Crippen LogP contribution < -0.4 is 9.47 Å². The van der Waals surface area contributed by atoms with Gasteiger partial charge in [0.2, 0.25) is 6.79 Å². The third-order valence-electron chi connectivity index (χ3n) is 4.23. The van der Waals surface area contributed by atoms with Gasteiger partial charge in [-0.15, -0.1) is 0 Å². The van der Waals surface area contributed by atoms with Crippen LogP contribution in [0.15, 0.2) is 12.1 Å². The molecule has 4 atom stereocenters. The molecule has 2 N–H and O–H groups in total. The Balaban J connectivity index is 1.82. The van der Waals surface area contributed by atoms with Crippen molar-refractivity contribution in [3.8, 4) is 11.5 Å². The number of ether oxygens (including phenoxy) is 3. The van der Waals surface area contributed by atoms with Crippen LogP contribution in [0.25, 0.3) is 0 Å². The van der Waals surface area contributed by atoms with Crippen LogP contribution in [0.2, 0.25) is 0 Å². The van der Waals surface area contributed by atoms with Gasteiger partial charge in [-0.3, -0.25) is 0 Å². The quantitative estimate of drug-likeness (QED) is 0.811. The first-order valence-corrected chi connectivity index (χ1v) is 6.14. The van der Waals surface area contributed by atoms with E-state index in [0.717, 1.165) is 22.6 Å². The fourth-order valence-electron chi connectivity index (χ4n) is 3.35. The van der Waals surface area contributed by atoms with Gasteiger partial charge < -0.3 is 24.4 Å². The van der Waals surface area contributed by atoms with Crippen molar-refractivity contribution in [2.24, 2.45) is 11.8 Å². The van der Waals surface area contributed by atoms with Crippen molar-refractivity contribution >= 4 is 0 Å². The fraction of sp³-hybridized carbons (Fsp3) is 0.538. The smallest absolute Gasteiger partial charge is 0.231 e. The summed E-state index contributed by atoms with van der Waals surface area (Å²) in [5.41, 5.74) is 2.13. The normalized spacial score (nSPS) is 35.0. The molecule has 5 nitrogen and oxygen atoms in total. The minimum absolute atomic E-state index is 0.0281. The van der Waals surface area contributed by atoms with Crippen LogP contribution in [-0.4, -0.2) is 30.2 Å². The van der Waals surface area contributed by atoms with Crippen LogP contribution in [0.4, 0.5) is 0 Å². The van der Waals surface area contributed by atoms with E-state index in [1.165, 1.54) is 0 Å². The molecule has 1 saturated heterocycles. The zero-order chi connectivity index (χ0) is 12.3. The molecule has 0 aliphatic carbocycles. The number of hydrogen-bond acceptors (Lipinski definition) is 5. The lowest BCUT2D eigenvalue weighted by molar-refractivity contribution is 0.0443. The predicted octanol–water partition coefficient (Wildman–Crippen LogP) is 0.758. The maximum Gasteiger partial charge on any atom is 0.231 e. The van der Waals surface area contributed by atoms with E-state index >= 15 is 0 Å². The summed E-state index contributed by atoms with van der Waals surface area (Å²) in [6, 6.07) is 3.89. The minimum atomic E-state index is -0.137. The van der Waals surface area contributed by atoms with Crippen molar-refractivity contribution in [1.29, 1.82) is 0 Å². The zero-order valence-electron chi connectivity index (χ0n) is 9.70. The summed E-state index contributed by atoms with van der Waals surface area (Å²) in [4.78, 5) is 0. The van der Waals surface area contributed by atoms with E-state index < -0.39 is 0 Å². The van der Waals surface area contributed by atoms with Gasteiger partial charge in [0.05, 0.1) is 12.2 Å². The van der Waals surface area contributed by atoms with Crippen LogP contribution in [0.5, 0.6) is 11.5 Å². The van der Waals surface area contributed by atoms with Gasteiger partial charge in [0, 0.05) is 25.0 Å². The average Bonchev–Trinajstić information content (AvgIpc) is 3.07. The van der Waals surface area contributed by atoms with E-state index in [1.807, 2.05) is 12.1 Å². The van der Waals surface area contributed by atoms with Gasteiger partial charge in [0.1, 0.15) is 0 Å². The summed E-state index contributed by atoms with van der Waals surface area (Å²) in [5.74, 6) is 1.41. The van der Waals surface area contributed by atoms with Crippen molar-refractivity contribution in [2.75, 3.05) is 20.0 Å². The van der Waals surface area contributed by atoms with Gasteiger partial charge in [-0.2, -0.15) is 0 Å². The van der Waals surface area contributed by atoms with Crippen molar-refractivity contribution in [3.63, 3.8) is 0 Å². The highest BCUT2D eigenvalue weighted by atomic mass is 16.7. The predicted molar refractivity (Wildman–Crippen MR) is 60.3 cm³/mol. The molecule has 0 unspecified atom stereocenters. The van der Waals surface area contributed by atoms with Gasteiger partial charge in [0.25, 0.3) is 0 Å². The number of aliphatic hydroxyl groups excluding tert-OH is 2. The number of aliphatic hydroxyl groups is 2. The highest BCUT2D eigenvalue weighted by molar-refractivity contribution is 5.53. The van der Waals surface area contributed by atoms with Crippen LogP contribution >= 0.6 is 0 Å². The summed E-state index contributed by atoms with van der Waals surface area (Å²) in [5, 5.41) is 18.9. The molecule has 5 heteroatoms. The van der Waals surface area contributed by atoms with E-state index in [1.54, 1.807) is 0 Å². The Morgan fingerprint density at radius 3 is 1.89 bits per heavy atom. The van der Waals surface area contributed by atoms with Crippen LogP contribution in [-0.2, 0) is 4.74 Å². The molecule has 0 saturated carbocycles. The SMILES string of the molecule is OC[C@@H]1[C@H](CO)[C@H]2O[C@@H]1c1cc3c(cc12)OCO3. The van der Waals surface area contributed by atoms with Gasteiger partial charge in [-0.25, -0.2) is 0 Å². The van der Waals surface area contributed by atoms with Crippen LogP contribution in [0, 0.1) is 11.8 Å². The summed E-state index contributed by atoms with van der Waals surface area (Å²) in [6.45, 7) is 0.307. The number of rotatable bonds is 2. The maximum atomic E-state index is 9.46. The topological polar surface area (TPSA) is 68.2 Å². The van der Waals surface area contributed by atoms with E-state index in [9.17, 15) is 10.2 Å². The maximum absolute atomic E-state index is 9.46. The Morgan fingerprint density at radius 1 is 0.944 bits per heavy atom. The third kappa shape index (κ3) is 1.16. The van der Waals surface area contributed by atoms with E-state index in [-0.39, 0.29) is 44.1 Å².